The van der Waals surface area contributed by atoms with E-state index in [1.807, 2.05) is 30.5 Å². The van der Waals surface area contributed by atoms with E-state index < -0.39 is 0 Å². The molecule has 2 heterocycles. The zero-order valence-corrected chi connectivity index (χ0v) is 10.0. The summed E-state index contributed by atoms with van der Waals surface area (Å²) in [7, 11) is 0. The summed E-state index contributed by atoms with van der Waals surface area (Å²) in [6.07, 6.45) is 2.00. The molecule has 3 rings (SSSR count). The maximum Gasteiger partial charge on any atom is 0.139 e. The minimum absolute atomic E-state index is 0.849. The van der Waals surface area contributed by atoms with Crippen molar-refractivity contribution in [3.8, 4) is 11.1 Å². The Morgan fingerprint density at radius 2 is 1.81 bits per heavy atom. The molecule has 0 saturated carbocycles. The normalized spacial score (nSPS) is 10.8. The fraction of sp³-hybridized carbons (Fsp3) is 0. The number of nitrogens with one attached hydrogen (secondary N) is 1. The van der Waals surface area contributed by atoms with Crippen molar-refractivity contribution in [2.75, 3.05) is 0 Å². The lowest BCUT2D eigenvalue weighted by molar-refractivity contribution is 1.29. The SMILES string of the molecule is Brc1ccc2c(-c3ccccc3)c[nH]c2n1. The summed E-state index contributed by atoms with van der Waals surface area (Å²) < 4.78 is 0.849. The van der Waals surface area contributed by atoms with Crippen LogP contribution in [-0.4, -0.2) is 9.97 Å². The van der Waals surface area contributed by atoms with Gasteiger partial charge in [-0.3, -0.25) is 0 Å². The molecule has 0 aliphatic carbocycles. The van der Waals surface area contributed by atoms with Gasteiger partial charge in [0.1, 0.15) is 10.3 Å². The van der Waals surface area contributed by atoms with E-state index in [0.29, 0.717) is 0 Å². The van der Waals surface area contributed by atoms with Crippen LogP contribution in [0.4, 0.5) is 0 Å². The molecule has 0 spiro atoms. The molecule has 1 aromatic carbocycles. The number of pyridine rings is 1. The average molecular weight is 273 g/mol. The highest BCUT2D eigenvalue weighted by Crippen LogP contribution is 2.28. The van der Waals surface area contributed by atoms with Gasteiger partial charge < -0.3 is 4.98 Å². The Morgan fingerprint density at radius 1 is 1.00 bits per heavy atom. The molecule has 78 valence electrons. The summed E-state index contributed by atoms with van der Waals surface area (Å²) in [6, 6.07) is 14.3. The molecule has 0 aliphatic heterocycles. The molecule has 0 atom stereocenters. The van der Waals surface area contributed by atoms with E-state index in [-0.39, 0.29) is 0 Å². The third-order valence-corrected chi connectivity index (χ3v) is 3.03. The van der Waals surface area contributed by atoms with Crippen LogP contribution >= 0.6 is 15.9 Å². The third kappa shape index (κ3) is 1.53. The summed E-state index contributed by atoms with van der Waals surface area (Å²) in [5.41, 5.74) is 3.31. The highest BCUT2D eigenvalue weighted by Gasteiger charge is 2.06. The second-order valence-corrected chi connectivity index (χ2v) is 4.41. The van der Waals surface area contributed by atoms with Crippen molar-refractivity contribution < 1.29 is 0 Å². The summed E-state index contributed by atoms with van der Waals surface area (Å²) in [4.78, 5) is 7.57. The topological polar surface area (TPSA) is 28.7 Å². The smallest absolute Gasteiger partial charge is 0.139 e. The summed E-state index contributed by atoms with van der Waals surface area (Å²) in [6.45, 7) is 0. The Hall–Kier alpha value is -1.61. The van der Waals surface area contributed by atoms with E-state index >= 15 is 0 Å². The summed E-state index contributed by atoms with van der Waals surface area (Å²) in [5.74, 6) is 0. The van der Waals surface area contributed by atoms with Gasteiger partial charge in [-0.15, -0.1) is 0 Å². The van der Waals surface area contributed by atoms with Gasteiger partial charge >= 0.3 is 0 Å². The molecule has 2 aromatic heterocycles. The second-order valence-electron chi connectivity index (χ2n) is 3.60. The maximum absolute atomic E-state index is 4.38. The number of benzene rings is 1. The first-order chi connectivity index (χ1) is 7.84. The number of rotatable bonds is 1. The van der Waals surface area contributed by atoms with Gasteiger partial charge in [0.25, 0.3) is 0 Å². The Morgan fingerprint density at radius 3 is 2.62 bits per heavy atom. The highest BCUT2D eigenvalue weighted by molar-refractivity contribution is 9.10. The first-order valence-electron chi connectivity index (χ1n) is 5.03. The molecule has 0 amide bonds. The van der Waals surface area contributed by atoms with Gasteiger partial charge in [0.2, 0.25) is 0 Å². The van der Waals surface area contributed by atoms with E-state index in [0.717, 1.165) is 15.6 Å². The van der Waals surface area contributed by atoms with Gasteiger partial charge in [0, 0.05) is 17.1 Å². The fourth-order valence-electron chi connectivity index (χ4n) is 1.84. The van der Waals surface area contributed by atoms with E-state index in [1.54, 1.807) is 0 Å². The summed E-state index contributed by atoms with van der Waals surface area (Å²) >= 11 is 3.37. The van der Waals surface area contributed by atoms with Crippen LogP contribution < -0.4 is 0 Å². The Labute approximate surface area is 101 Å². The van der Waals surface area contributed by atoms with Crippen LogP contribution in [0, 0.1) is 0 Å². The molecule has 0 unspecified atom stereocenters. The van der Waals surface area contributed by atoms with Crippen molar-refractivity contribution in [1.82, 2.24) is 9.97 Å². The zero-order valence-electron chi connectivity index (χ0n) is 8.44. The molecule has 1 N–H and O–H groups in total. The summed E-state index contributed by atoms with van der Waals surface area (Å²) in [5, 5.41) is 1.15. The number of aromatic amines is 1. The zero-order chi connectivity index (χ0) is 11.0. The fourth-order valence-corrected chi connectivity index (χ4v) is 2.15. The van der Waals surface area contributed by atoms with Crippen molar-refractivity contribution in [3.05, 3.63) is 53.3 Å². The molecular formula is C13H9BrN2. The molecule has 0 fully saturated rings. The van der Waals surface area contributed by atoms with Crippen molar-refractivity contribution >= 4 is 27.0 Å². The lowest BCUT2D eigenvalue weighted by atomic mass is 10.1. The number of aromatic nitrogens is 2. The number of hydrogen-bond acceptors (Lipinski definition) is 1. The van der Waals surface area contributed by atoms with E-state index in [9.17, 15) is 0 Å². The minimum atomic E-state index is 0.849. The average Bonchev–Trinajstić information content (AvgIpc) is 2.73. The first-order valence-corrected chi connectivity index (χ1v) is 5.83. The number of fused-ring (bicyclic) bond motifs is 1. The first kappa shape index (κ1) is 9.60. The molecule has 0 radical (unpaired) electrons. The quantitative estimate of drug-likeness (QED) is 0.667. The standard InChI is InChI=1S/C13H9BrN2/c14-12-7-6-10-11(8-15-13(10)16-12)9-4-2-1-3-5-9/h1-8H,(H,15,16). The van der Waals surface area contributed by atoms with Crippen LogP contribution in [-0.2, 0) is 0 Å². The predicted octanol–water partition coefficient (Wildman–Crippen LogP) is 3.99. The lowest BCUT2D eigenvalue weighted by Crippen LogP contribution is -1.77. The monoisotopic (exact) mass is 272 g/mol. The van der Waals surface area contributed by atoms with Crippen LogP contribution in [0.1, 0.15) is 0 Å². The molecule has 0 aliphatic rings. The number of nitrogens with zero attached hydrogens (tertiary/aromatic N) is 1. The minimum Gasteiger partial charge on any atom is -0.345 e. The van der Waals surface area contributed by atoms with Crippen molar-refractivity contribution in [2.24, 2.45) is 0 Å². The van der Waals surface area contributed by atoms with Gasteiger partial charge in [0.05, 0.1) is 0 Å². The van der Waals surface area contributed by atoms with Gasteiger partial charge in [-0.05, 0) is 33.6 Å². The van der Waals surface area contributed by atoms with Gasteiger partial charge in [-0.25, -0.2) is 4.98 Å². The number of H-pyrrole nitrogens is 1. The molecule has 0 bridgehead atoms. The van der Waals surface area contributed by atoms with Crippen LogP contribution in [0.15, 0.2) is 53.3 Å². The van der Waals surface area contributed by atoms with Crippen LogP contribution in [0.3, 0.4) is 0 Å². The van der Waals surface area contributed by atoms with Crippen LogP contribution in [0.5, 0.6) is 0 Å². The number of hydrogen-bond donors (Lipinski definition) is 1. The molecular weight excluding hydrogens is 264 g/mol. The van der Waals surface area contributed by atoms with Crippen molar-refractivity contribution in [3.63, 3.8) is 0 Å². The predicted molar refractivity (Wildman–Crippen MR) is 69.2 cm³/mol. The van der Waals surface area contributed by atoms with Gasteiger partial charge in [-0.2, -0.15) is 0 Å². The van der Waals surface area contributed by atoms with Crippen molar-refractivity contribution in [2.45, 2.75) is 0 Å². The van der Waals surface area contributed by atoms with Crippen LogP contribution in [0.25, 0.3) is 22.2 Å². The largest absolute Gasteiger partial charge is 0.345 e. The second kappa shape index (κ2) is 3.76. The Kier molecular flexibility index (Phi) is 2.26. The molecule has 2 nitrogen and oxygen atoms in total. The van der Waals surface area contributed by atoms with Crippen molar-refractivity contribution in [1.29, 1.82) is 0 Å². The van der Waals surface area contributed by atoms with Crippen LogP contribution in [0.2, 0.25) is 0 Å². The van der Waals surface area contributed by atoms with Gasteiger partial charge in [0.15, 0.2) is 0 Å². The Bertz CT molecular complexity index is 629. The molecule has 0 saturated heterocycles. The van der Waals surface area contributed by atoms with E-state index in [4.69, 9.17) is 0 Å². The van der Waals surface area contributed by atoms with E-state index in [1.165, 1.54) is 11.1 Å². The molecule has 16 heavy (non-hydrogen) atoms. The van der Waals surface area contributed by atoms with Gasteiger partial charge in [-0.1, -0.05) is 30.3 Å². The molecule has 3 aromatic rings. The maximum atomic E-state index is 4.38. The highest BCUT2D eigenvalue weighted by atomic mass is 79.9. The van der Waals surface area contributed by atoms with E-state index in [2.05, 4.69) is 44.1 Å². The number of halogens is 1. The Balaban J connectivity index is 2.26. The lowest BCUT2D eigenvalue weighted by Gasteiger charge is -1.98. The molecule has 3 heteroatoms. The third-order valence-electron chi connectivity index (χ3n) is 2.59.